The van der Waals surface area contributed by atoms with Crippen LogP contribution in [0.1, 0.15) is 48.7 Å². The van der Waals surface area contributed by atoms with E-state index in [9.17, 15) is 4.79 Å². The molecular weight excluding hydrogens is 404 g/mol. The van der Waals surface area contributed by atoms with E-state index in [1.165, 1.54) is 0 Å². The van der Waals surface area contributed by atoms with Crippen LogP contribution in [0.3, 0.4) is 0 Å². The molecule has 4 aromatic carbocycles. The van der Waals surface area contributed by atoms with Crippen LogP contribution in [0.25, 0.3) is 10.8 Å². The van der Waals surface area contributed by atoms with Crippen molar-refractivity contribution >= 4 is 16.7 Å². The van der Waals surface area contributed by atoms with E-state index in [2.05, 4.69) is 45.0 Å². The molecule has 0 saturated heterocycles. The summed E-state index contributed by atoms with van der Waals surface area (Å²) in [6.07, 6.45) is 1.58. The number of esters is 1. The highest BCUT2D eigenvalue weighted by Gasteiger charge is 2.42. The molecular formula is C31H32O2. The molecule has 0 bridgehead atoms. The molecule has 0 aliphatic heterocycles. The van der Waals surface area contributed by atoms with E-state index in [1.54, 1.807) is 0 Å². The third kappa shape index (κ3) is 5.01. The molecule has 0 spiro atoms. The van der Waals surface area contributed by atoms with E-state index in [4.69, 9.17) is 4.74 Å². The maximum absolute atomic E-state index is 13.8. The van der Waals surface area contributed by atoms with E-state index in [0.29, 0.717) is 17.9 Å². The first-order valence-corrected chi connectivity index (χ1v) is 11.8. The molecule has 0 amide bonds. The van der Waals surface area contributed by atoms with Gasteiger partial charge in [0.05, 0.1) is 5.56 Å². The predicted octanol–water partition coefficient (Wildman–Crippen LogP) is 7.82. The van der Waals surface area contributed by atoms with Crippen molar-refractivity contribution in [2.24, 2.45) is 11.8 Å². The Kier molecular flexibility index (Phi) is 6.93. The van der Waals surface area contributed by atoms with Crippen molar-refractivity contribution in [1.29, 1.82) is 0 Å². The molecule has 2 atom stereocenters. The first-order valence-electron chi connectivity index (χ1n) is 11.8. The van der Waals surface area contributed by atoms with Crippen molar-refractivity contribution in [2.75, 3.05) is 0 Å². The molecule has 4 rings (SSSR count). The van der Waals surface area contributed by atoms with Gasteiger partial charge in [-0.1, -0.05) is 118 Å². The highest BCUT2D eigenvalue weighted by atomic mass is 16.6. The van der Waals surface area contributed by atoms with Gasteiger partial charge in [0, 0.05) is 12.3 Å². The summed E-state index contributed by atoms with van der Waals surface area (Å²) < 4.78 is 6.65. The van der Waals surface area contributed by atoms with Crippen LogP contribution >= 0.6 is 0 Å². The average Bonchev–Trinajstić information content (AvgIpc) is 2.84. The van der Waals surface area contributed by atoms with Crippen molar-refractivity contribution in [3.8, 4) is 0 Å². The molecule has 0 heterocycles. The van der Waals surface area contributed by atoms with Crippen molar-refractivity contribution in [3.63, 3.8) is 0 Å². The van der Waals surface area contributed by atoms with Gasteiger partial charge in [-0.25, -0.2) is 4.79 Å². The maximum Gasteiger partial charge on any atom is 0.339 e. The lowest BCUT2D eigenvalue weighted by molar-refractivity contribution is -0.0569. The highest BCUT2D eigenvalue weighted by Crippen LogP contribution is 2.41. The zero-order valence-corrected chi connectivity index (χ0v) is 19.7. The molecule has 0 N–H and O–H groups in total. The van der Waals surface area contributed by atoms with Crippen molar-refractivity contribution in [3.05, 3.63) is 120 Å². The van der Waals surface area contributed by atoms with Crippen molar-refractivity contribution in [2.45, 2.75) is 39.2 Å². The maximum atomic E-state index is 13.8. The number of fused-ring (bicyclic) bond motifs is 1. The van der Waals surface area contributed by atoms with Gasteiger partial charge in [-0.3, -0.25) is 0 Å². The molecule has 0 aliphatic carbocycles. The molecule has 0 aromatic heterocycles. The SMILES string of the molecule is CC(C)C[C@H](C)[C@@](Cc1ccccc1)(OC(=O)c1cccc2ccccc12)c1ccccc1. The predicted molar refractivity (Wildman–Crippen MR) is 136 cm³/mol. The molecule has 4 aromatic rings. The monoisotopic (exact) mass is 436 g/mol. The van der Waals surface area contributed by atoms with Crippen molar-refractivity contribution < 1.29 is 9.53 Å². The summed E-state index contributed by atoms with van der Waals surface area (Å²) in [5.41, 5.74) is 2.03. The van der Waals surface area contributed by atoms with E-state index in [1.807, 2.05) is 78.9 Å². The third-order valence-electron chi connectivity index (χ3n) is 6.48. The Hall–Kier alpha value is -3.39. The van der Waals surface area contributed by atoms with Crippen LogP contribution in [0.2, 0.25) is 0 Å². The fourth-order valence-electron chi connectivity index (χ4n) is 4.90. The second kappa shape index (κ2) is 10.0. The number of hydrogen-bond acceptors (Lipinski definition) is 2. The van der Waals surface area contributed by atoms with Crippen molar-refractivity contribution in [1.82, 2.24) is 0 Å². The third-order valence-corrected chi connectivity index (χ3v) is 6.48. The largest absolute Gasteiger partial charge is 0.450 e. The molecule has 0 saturated carbocycles. The number of carbonyl (C=O) groups excluding carboxylic acids is 1. The summed E-state index contributed by atoms with van der Waals surface area (Å²) in [5, 5.41) is 1.96. The lowest BCUT2D eigenvalue weighted by Crippen LogP contribution is -2.41. The normalized spacial score (nSPS) is 14.1. The Morgan fingerprint density at radius 1 is 0.758 bits per heavy atom. The standard InChI is InChI=1S/C31H32O2/c1-23(2)21-24(3)31(27-17-8-5-9-18-27,22-25-13-6-4-7-14-25)33-30(32)29-20-12-16-26-15-10-11-19-28(26)29/h4-20,23-24H,21-22H2,1-3H3/t24-,31+/m0/s1. The van der Waals surface area contributed by atoms with E-state index < -0.39 is 5.60 Å². The molecule has 2 nitrogen and oxygen atoms in total. The quantitative estimate of drug-likeness (QED) is 0.263. The van der Waals surface area contributed by atoms with Gasteiger partial charge >= 0.3 is 5.97 Å². The number of hydrogen-bond donors (Lipinski definition) is 0. The van der Waals surface area contributed by atoms with Gasteiger partial charge < -0.3 is 4.74 Å². The van der Waals surface area contributed by atoms with Gasteiger partial charge in [-0.05, 0) is 40.3 Å². The summed E-state index contributed by atoms with van der Waals surface area (Å²) in [5.74, 6) is 0.330. The second-order valence-electron chi connectivity index (χ2n) is 9.36. The molecule has 0 fully saturated rings. The van der Waals surface area contributed by atoms with Crippen LogP contribution in [0.15, 0.2) is 103 Å². The Morgan fingerprint density at radius 3 is 2.06 bits per heavy atom. The molecule has 33 heavy (non-hydrogen) atoms. The number of carbonyl (C=O) groups is 1. The minimum Gasteiger partial charge on any atom is -0.450 e. The zero-order chi connectivity index (χ0) is 23.3. The molecule has 0 aliphatic rings. The Bertz CT molecular complexity index is 1190. The van der Waals surface area contributed by atoms with Gasteiger partial charge in [-0.15, -0.1) is 0 Å². The first kappa shape index (κ1) is 22.8. The lowest BCUT2D eigenvalue weighted by atomic mass is 9.74. The minimum absolute atomic E-state index is 0.124. The Labute approximate surface area is 197 Å². The zero-order valence-electron chi connectivity index (χ0n) is 19.7. The summed E-state index contributed by atoms with van der Waals surface area (Å²) in [4.78, 5) is 13.8. The number of benzene rings is 4. The van der Waals surface area contributed by atoms with Gasteiger partial charge in [0.2, 0.25) is 0 Å². The Balaban J connectivity index is 1.83. The smallest absolute Gasteiger partial charge is 0.339 e. The average molecular weight is 437 g/mol. The lowest BCUT2D eigenvalue weighted by Gasteiger charge is -2.40. The summed E-state index contributed by atoms with van der Waals surface area (Å²) >= 11 is 0. The van der Waals surface area contributed by atoms with Crippen LogP contribution in [-0.4, -0.2) is 5.97 Å². The van der Waals surface area contributed by atoms with E-state index in [0.717, 1.165) is 28.3 Å². The van der Waals surface area contributed by atoms with Crippen LogP contribution in [0.4, 0.5) is 0 Å². The number of rotatable bonds is 8. The molecule has 0 unspecified atom stereocenters. The van der Waals surface area contributed by atoms with Gasteiger partial charge in [0.25, 0.3) is 0 Å². The van der Waals surface area contributed by atoms with Crippen LogP contribution in [0, 0.1) is 11.8 Å². The second-order valence-corrected chi connectivity index (χ2v) is 9.36. The Morgan fingerprint density at radius 2 is 1.36 bits per heavy atom. The fraction of sp³-hybridized carbons (Fsp3) is 0.258. The van der Waals surface area contributed by atoms with Crippen LogP contribution in [-0.2, 0) is 16.8 Å². The van der Waals surface area contributed by atoms with Crippen LogP contribution < -0.4 is 0 Å². The molecule has 168 valence electrons. The van der Waals surface area contributed by atoms with Crippen LogP contribution in [0.5, 0.6) is 0 Å². The number of ether oxygens (including phenoxy) is 1. The highest BCUT2D eigenvalue weighted by molar-refractivity contribution is 6.04. The molecule has 0 radical (unpaired) electrons. The van der Waals surface area contributed by atoms with E-state index in [-0.39, 0.29) is 11.9 Å². The van der Waals surface area contributed by atoms with Gasteiger partial charge in [0.1, 0.15) is 5.60 Å². The summed E-state index contributed by atoms with van der Waals surface area (Å²) in [6, 6.07) is 34.4. The topological polar surface area (TPSA) is 26.3 Å². The summed E-state index contributed by atoms with van der Waals surface area (Å²) in [6.45, 7) is 6.66. The minimum atomic E-state index is -0.777. The van der Waals surface area contributed by atoms with E-state index >= 15 is 0 Å². The van der Waals surface area contributed by atoms with Gasteiger partial charge in [0.15, 0.2) is 0 Å². The molecule has 2 heteroatoms. The summed E-state index contributed by atoms with van der Waals surface area (Å²) in [7, 11) is 0. The fourth-order valence-corrected chi connectivity index (χ4v) is 4.90. The van der Waals surface area contributed by atoms with Gasteiger partial charge in [-0.2, -0.15) is 0 Å². The first-order chi connectivity index (χ1) is 16.0.